The largest absolute Gasteiger partial charge is 0.388 e. The van der Waals surface area contributed by atoms with Crippen LogP contribution in [0.2, 0.25) is 0 Å². The van der Waals surface area contributed by atoms with Gasteiger partial charge in [-0.2, -0.15) is 0 Å². The van der Waals surface area contributed by atoms with E-state index in [4.69, 9.17) is 0 Å². The molecule has 3 unspecified atom stereocenters. The molecule has 1 fully saturated rings. The number of benzene rings is 1. The van der Waals surface area contributed by atoms with Crippen LogP contribution in [0.1, 0.15) is 30.6 Å². The standard InChI is InChI=1S/C12H14F2O/c1-6-3-8(6)12(15)9-4-7(2)10(13)5-11(9)14/h4-6,8,12,15H,3H2,1-2H3. The summed E-state index contributed by atoms with van der Waals surface area (Å²) in [6.07, 6.45) is 0.121. The minimum Gasteiger partial charge on any atom is -0.388 e. The molecule has 0 aromatic heterocycles. The first kappa shape index (κ1) is 10.6. The van der Waals surface area contributed by atoms with Gasteiger partial charge in [0.1, 0.15) is 11.6 Å². The van der Waals surface area contributed by atoms with E-state index in [1.807, 2.05) is 6.92 Å². The molecule has 1 aliphatic carbocycles. The lowest BCUT2D eigenvalue weighted by Gasteiger charge is -2.12. The quantitative estimate of drug-likeness (QED) is 0.799. The number of aryl methyl sites for hydroxylation is 1. The van der Waals surface area contributed by atoms with Crippen LogP contribution in [-0.2, 0) is 0 Å². The monoisotopic (exact) mass is 212 g/mol. The Bertz CT molecular complexity index is 389. The molecule has 1 aromatic rings. The van der Waals surface area contributed by atoms with Gasteiger partial charge in [0.05, 0.1) is 6.10 Å². The molecule has 1 nitrogen and oxygen atoms in total. The van der Waals surface area contributed by atoms with E-state index in [2.05, 4.69) is 0 Å². The zero-order chi connectivity index (χ0) is 11.2. The van der Waals surface area contributed by atoms with Crippen molar-refractivity contribution in [3.05, 3.63) is 34.9 Å². The van der Waals surface area contributed by atoms with E-state index >= 15 is 0 Å². The number of halogens is 2. The fourth-order valence-electron chi connectivity index (χ4n) is 1.93. The van der Waals surface area contributed by atoms with Gasteiger partial charge >= 0.3 is 0 Å². The Labute approximate surface area is 87.7 Å². The molecule has 0 radical (unpaired) electrons. The Hall–Kier alpha value is -0.960. The van der Waals surface area contributed by atoms with Crippen molar-refractivity contribution in [1.29, 1.82) is 0 Å². The van der Waals surface area contributed by atoms with Gasteiger partial charge in [0.25, 0.3) is 0 Å². The van der Waals surface area contributed by atoms with Crippen molar-refractivity contribution < 1.29 is 13.9 Å². The van der Waals surface area contributed by atoms with Gasteiger partial charge in [-0.25, -0.2) is 8.78 Å². The third-order valence-corrected chi connectivity index (χ3v) is 3.17. The summed E-state index contributed by atoms with van der Waals surface area (Å²) in [5.41, 5.74) is 0.599. The summed E-state index contributed by atoms with van der Waals surface area (Å²) in [6.45, 7) is 3.59. The smallest absolute Gasteiger partial charge is 0.131 e. The molecule has 0 aliphatic heterocycles. The molecule has 3 atom stereocenters. The molecule has 3 heteroatoms. The number of rotatable bonds is 2. The minimum absolute atomic E-state index is 0.129. The van der Waals surface area contributed by atoms with Crippen LogP contribution in [0.15, 0.2) is 12.1 Å². The first-order valence-electron chi connectivity index (χ1n) is 5.14. The lowest BCUT2D eigenvalue weighted by Crippen LogP contribution is -2.05. The lowest BCUT2D eigenvalue weighted by molar-refractivity contribution is 0.143. The highest BCUT2D eigenvalue weighted by Gasteiger charge is 2.40. The summed E-state index contributed by atoms with van der Waals surface area (Å²) >= 11 is 0. The Morgan fingerprint density at radius 3 is 2.47 bits per heavy atom. The molecular weight excluding hydrogens is 198 g/mol. The van der Waals surface area contributed by atoms with E-state index in [1.54, 1.807) is 6.92 Å². The van der Waals surface area contributed by atoms with Crippen LogP contribution in [0.3, 0.4) is 0 Å². The van der Waals surface area contributed by atoms with Gasteiger partial charge in [0, 0.05) is 11.6 Å². The van der Waals surface area contributed by atoms with Crippen molar-refractivity contribution in [2.45, 2.75) is 26.4 Å². The SMILES string of the molecule is Cc1cc(C(O)C2CC2C)c(F)cc1F. The van der Waals surface area contributed by atoms with Crippen molar-refractivity contribution in [3.8, 4) is 0 Å². The molecule has 1 aromatic carbocycles. The Kier molecular flexibility index (Phi) is 2.51. The third-order valence-electron chi connectivity index (χ3n) is 3.17. The van der Waals surface area contributed by atoms with Crippen molar-refractivity contribution in [3.63, 3.8) is 0 Å². The molecule has 0 saturated heterocycles. The number of aliphatic hydroxyl groups excluding tert-OH is 1. The molecule has 2 rings (SSSR count). The fraction of sp³-hybridized carbons (Fsp3) is 0.500. The second-order valence-corrected chi connectivity index (χ2v) is 4.44. The average molecular weight is 212 g/mol. The van der Waals surface area contributed by atoms with Crippen LogP contribution in [0.5, 0.6) is 0 Å². The summed E-state index contributed by atoms with van der Waals surface area (Å²) in [7, 11) is 0. The van der Waals surface area contributed by atoms with Crippen LogP contribution in [-0.4, -0.2) is 5.11 Å². The molecule has 0 amide bonds. The lowest BCUT2D eigenvalue weighted by atomic mass is 10.0. The Balaban J connectivity index is 2.31. The van der Waals surface area contributed by atoms with Gasteiger partial charge in [-0.05, 0) is 36.8 Å². The highest BCUT2D eigenvalue weighted by atomic mass is 19.1. The molecule has 0 heterocycles. The minimum atomic E-state index is -0.792. The van der Waals surface area contributed by atoms with E-state index in [0.717, 1.165) is 12.5 Å². The zero-order valence-electron chi connectivity index (χ0n) is 8.80. The van der Waals surface area contributed by atoms with Gasteiger partial charge in [-0.15, -0.1) is 0 Å². The number of hydrogen-bond donors (Lipinski definition) is 1. The predicted molar refractivity (Wildman–Crippen MR) is 53.3 cm³/mol. The van der Waals surface area contributed by atoms with Crippen LogP contribution < -0.4 is 0 Å². The van der Waals surface area contributed by atoms with E-state index in [0.29, 0.717) is 11.5 Å². The summed E-state index contributed by atoms with van der Waals surface area (Å²) < 4.78 is 26.4. The summed E-state index contributed by atoms with van der Waals surface area (Å²) in [5, 5.41) is 9.86. The molecular formula is C12H14F2O. The molecule has 1 saturated carbocycles. The van der Waals surface area contributed by atoms with E-state index in [9.17, 15) is 13.9 Å². The Morgan fingerprint density at radius 1 is 1.33 bits per heavy atom. The topological polar surface area (TPSA) is 20.2 Å². The maximum absolute atomic E-state index is 13.4. The maximum Gasteiger partial charge on any atom is 0.131 e. The molecule has 1 N–H and O–H groups in total. The highest BCUT2D eigenvalue weighted by molar-refractivity contribution is 5.28. The van der Waals surface area contributed by atoms with Gasteiger partial charge in [0.2, 0.25) is 0 Å². The first-order valence-corrected chi connectivity index (χ1v) is 5.14. The Morgan fingerprint density at radius 2 is 1.93 bits per heavy atom. The normalized spacial score (nSPS) is 26.5. The summed E-state index contributed by atoms with van der Waals surface area (Å²) in [6, 6.07) is 2.25. The van der Waals surface area contributed by atoms with Crippen molar-refractivity contribution in [1.82, 2.24) is 0 Å². The van der Waals surface area contributed by atoms with Gasteiger partial charge in [0.15, 0.2) is 0 Å². The second-order valence-electron chi connectivity index (χ2n) is 4.44. The third kappa shape index (κ3) is 1.88. The average Bonchev–Trinajstić information content (AvgIpc) is 2.88. The van der Waals surface area contributed by atoms with Crippen molar-refractivity contribution in [2.75, 3.05) is 0 Å². The van der Waals surface area contributed by atoms with Gasteiger partial charge < -0.3 is 5.11 Å². The van der Waals surface area contributed by atoms with Crippen LogP contribution in [0.4, 0.5) is 8.78 Å². The van der Waals surface area contributed by atoms with Gasteiger partial charge in [-0.1, -0.05) is 6.92 Å². The van der Waals surface area contributed by atoms with Crippen LogP contribution in [0.25, 0.3) is 0 Å². The predicted octanol–water partition coefficient (Wildman–Crippen LogP) is 2.96. The fourth-order valence-corrected chi connectivity index (χ4v) is 1.93. The molecule has 15 heavy (non-hydrogen) atoms. The van der Waals surface area contributed by atoms with E-state index in [-0.39, 0.29) is 11.5 Å². The van der Waals surface area contributed by atoms with Gasteiger partial charge in [-0.3, -0.25) is 0 Å². The molecule has 0 spiro atoms. The second kappa shape index (κ2) is 3.56. The molecule has 0 bridgehead atoms. The van der Waals surface area contributed by atoms with Crippen LogP contribution in [0, 0.1) is 30.4 Å². The summed E-state index contributed by atoms with van der Waals surface area (Å²) in [5.74, 6) is -0.647. The summed E-state index contributed by atoms with van der Waals surface area (Å²) in [4.78, 5) is 0. The van der Waals surface area contributed by atoms with Crippen LogP contribution >= 0.6 is 0 Å². The van der Waals surface area contributed by atoms with Crippen molar-refractivity contribution in [2.24, 2.45) is 11.8 Å². The van der Waals surface area contributed by atoms with E-state index < -0.39 is 17.7 Å². The zero-order valence-corrected chi connectivity index (χ0v) is 8.80. The first-order chi connectivity index (χ1) is 7.00. The van der Waals surface area contributed by atoms with E-state index in [1.165, 1.54) is 6.07 Å². The van der Waals surface area contributed by atoms with Crippen molar-refractivity contribution >= 4 is 0 Å². The highest BCUT2D eigenvalue weighted by Crippen LogP contribution is 2.47. The molecule has 82 valence electrons. The number of aliphatic hydroxyl groups is 1. The maximum atomic E-state index is 13.4. The number of hydrogen-bond acceptors (Lipinski definition) is 1. The molecule has 1 aliphatic rings.